The highest BCUT2D eigenvalue weighted by atomic mass is 16.7. The molecule has 5 heteroatoms. The highest BCUT2D eigenvalue weighted by Crippen LogP contribution is 1.98. The Morgan fingerprint density at radius 3 is 2.55 bits per heavy atom. The van der Waals surface area contributed by atoms with Crippen LogP contribution in [0, 0.1) is 0 Å². The SMILES string of the molecule is C=O.O=C(O)C1=CC=CNO1. The molecule has 0 spiro atoms. The summed E-state index contributed by atoms with van der Waals surface area (Å²) in [5, 5.41) is 8.27. The smallest absolute Gasteiger partial charge is 0.374 e. The summed E-state index contributed by atoms with van der Waals surface area (Å²) in [6, 6.07) is 0. The zero-order chi connectivity index (χ0) is 8.69. The summed E-state index contributed by atoms with van der Waals surface area (Å²) < 4.78 is 0. The van der Waals surface area contributed by atoms with Gasteiger partial charge < -0.3 is 14.7 Å². The predicted octanol–water partition coefficient (Wildman–Crippen LogP) is -0.181. The van der Waals surface area contributed by atoms with Crippen LogP contribution in [-0.2, 0) is 14.4 Å². The van der Waals surface area contributed by atoms with Crippen molar-refractivity contribution in [2.24, 2.45) is 0 Å². The van der Waals surface area contributed by atoms with Crippen LogP contribution in [0.25, 0.3) is 0 Å². The molecule has 1 aliphatic rings. The average molecular weight is 157 g/mol. The van der Waals surface area contributed by atoms with Gasteiger partial charge in [0.05, 0.1) is 0 Å². The highest BCUT2D eigenvalue weighted by molar-refractivity contribution is 5.84. The molecule has 1 rings (SSSR count). The van der Waals surface area contributed by atoms with Crippen LogP contribution in [0.15, 0.2) is 24.1 Å². The number of carboxylic acid groups (broad SMARTS) is 1. The molecular weight excluding hydrogens is 150 g/mol. The molecule has 11 heavy (non-hydrogen) atoms. The van der Waals surface area contributed by atoms with Crippen molar-refractivity contribution in [3.63, 3.8) is 0 Å². The van der Waals surface area contributed by atoms with Crippen LogP contribution in [0.4, 0.5) is 0 Å². The first-order chi connectivity index (χ1) is 5.30. The van der Waals surface area contributed by atoms with E-state index in [1.165, 1.54) is 12.3 Å². The van der Waals surface area contributed by atoms with Gasteiger partial charge in [-0.25, -0.2) is 10.3 Å². The summed E-state index contributed by atoms with van der Waals surface area (Å²) in [5.74, 6) is -1.18. The van der Waals surface area contributed by atoms with Gasteiger partial charge in [-0.1, -0.05) is 0 Å². The van der Waals surface area contributed by atoms with Crippen molar-refractivity contribution in [3.05, 3.63) is 24.1 Å². The van der Waals surface area contributed by atoms with Crippen LogP contribution in [0.1, 0.15) is 0 Å². The Morgan fingerprint density at radius 1 is 1.64 bits per heavy atom. The molecule has 0 saturated heterocycles. The van der Waals surface area contributed by atoms with Crippen LogP contribution in [0.5, 0.6) is 0 Å². The molecule has 0 aromatic heterocycles. The van der Waals surface area contributed by atoms with Crippen LogP contribution in [0.2, 0.25) is 0 Å². The highest BCUT2D eigenvalue weighted by Gasteiger charge is 2.08. The van der Waals surface area contributed by atoms with Crippen molar-refractivity contribution in [2.45, 2.75) is 0 Å². The van der Waals surface area contributed by atoms with Gasteiger partial charge in [0.2, 0.25) is 5.76 Å². The molecule has 0 fully saturated rings. The molecule has 0 aromatic rings. The van der Waals surface area contributed by atoms with E-state index in [4.69, 9.17) is 9.90 Å². The Hall–Kier alpha value is -1.78. The second kappa shape index (κ2) is 5.04. The minimum Gasteiger partial charge on any atom is -0.475 e. The van der Waals surface area contributed by atoms with Crippen LogP contribution >= 0.6 is 0 Å². The first-order valence-corrected chi connectivity index (χ1v) is 2.62. The minimum absolute atomic E-state index is 0.0995. The largest absolute Gasteiger partial charge is 0.475 e. The number of hydrogen-bond donors (Lipinski definition) is 2. The lowest BCUT2D eigenvalue weighted by Gasteiger charge is -2.05. The lowest BCUT2D eigenvalue weighted by molar-refractivity contribution is -0.137. The van der Waals surface area contributed by atoms with E-state index in [2.05, 4.69) is 10.3 Å². The third kappa shape index (κ3) is 3.04. The second-order valence-electron chi connectivity index (χ2n) is 1.42. The molecule has 0 unspecified atom stereocenters. The first-order valence-electron chi connectivity index (χ1n) is 2.62. The number of aliphatic carboxylic acids is 1. The van der Waals surface area contributed by atoms with Gasteiger partial charge in [-0.3, -0.25) is 0 Å². The molecular formula is C6H7NO4. The van der Waals surface area contributed by atoms with Crippen molar-refractivity contribution in [1.29, 1.82) is 0 Å². The fourth-order valence-corrected chi connectivity index (χ4v) is 0.421. The van der Waals surface area contributed by atoms with Crippen LogP contribution in [0.3, 0.4) is 0 Å². The van der Waals surface area contributed by atoms with E-state index in [0.717, 1.165) is 0 Å². The first kappa shape index (κ1) is 9.22. The lowest BCUT2D eigenvalue weighted by atomic mass is 10.4. The van der Waals surface area contributed by atoms with Gasteiger partial charge in [0.25, 0.3) is 0 Å². The predicted molar refractivity (Wildman–Crippen MR) is 36.2 cm³/mol. The third-order valence-corrected chi connectivity index (χ3v) is 0.792. The van der Waals surface area contributed by atoms with Gasteiger partial charge in [0.15, 0.2) is 0 Å². The zero-order valence-corrected chi connectivity index (χ0v) is 5.61. The van der Waals surface area contributed by atoms with E-state index in [-0.39, 0.29) is 5.76 Å². The van der Waals surface area contributed by atoms with Gasteiger partial charge in [0, 0.05) is 6.20 Å². The number of nitrogens with one attached hydrogen (secondary N) is 1. The monoisotopic (exact) mass is 157 g/mol. The molecule has 0 bridgehead atoms. The van der Waals surface area contributed by atoms with Gasteiger partial charge in [-0.15, -0.1) is 0 Å². The quantitative estimate of drug-likeness (QED) is 0.552. The van der Waals surface area contributed by atoms with Crippen molar-refractivity contribution < 1.29 is 19.5 Å². The van der Waals surface area contributed by atoms with Crippen molar-refractivity contribution >= 4 is 12.8 Å². The lowest BCUT2D eigenvalue weighted by Crippen LogP contribution is -2.15. The molecule has 60 valence electrons. The topological polar surface area (TPSA) is 75.6 Å². The van der Waals surface area contributed by atoms with E-state index in [1.807, 2.05) is 6.79 Å². The standard InChI is InChI=1S/C5H5NO3.CH2O/c7-5(8)4-2-1-3-6-9-4;1-2/h1-3,6H,(H,7,8);1H2. The molecule has 0 saturated carbocycles. The van der Waals surface area contributed by atoms with Crippen molar-refractivity contribution in [1.82, 2.24) is 5.48 Å². The summed E-state index contributed by atoms with van der Waals surface area (Å²) in [7, 11) is 0. The number of rotatable bonds is 1. The minimum atomic E-state index is -1.08. The van der Waals surface area contributed by atoms with E-state index in [0.29, 0.717) is 0 Å². The molecule has 0 amide bonds. The van der Waals surface area contributed by atoms with Crippen molar-refractivity contribution in [2.75, 3.05) is 0 Å². The summed E-state index contributed by atoms with van der Waals surface area (Å²) in [6.45, 7) is 2.00. The molecule has 0 aromatic carbocycles. The molecule has 0 atom stereocenters. The summed E-state index contributed by atoms with van der Waals surface area (Å²) in [6.07, 6.45) is 4.40. The average Bonchev–Trinajstić information content (AvgIpc) is 2.10. The number of hydrogen-bond acceptors (Lipinski definition) is 4. The maximum atomic E-state index is 10.1. The Morgan fingerprint density at radius 2 is 2.27 bits per heavy atom. The van der Waals surface area contributed by atoms with Gasteiger partial charge in [0.1, 0.15) is 6.79 Å². The third-order valence-electron chi connectivity index (χ3n) is 0.792. The van der Waals surface area contributed by atoms with Crippen molar-refractivity contribution in [3.8, 4) is 0 Å². The number of hydroxylamine groups is 1. The molecule has 5 nitrogen and oxygen atoms in total. The summed E-state index contributed by atoms with van der Waals surface area (Å²) in [5.41, 5.74) is 2.29. The van der Waals surface area contributed by atoms with Gasteiger partial charge in [-0.05, 0) is 12.2 Å². The van der Waals surface area contributed by atoms with E-state index < -0.39 is 5.97 Å². The summed E-state index contributed by atoms with van der Waals surface area (Å²) >= 11 is 0. The molecule has 2 N–H and O–H groups in total. The zero-order valence-electron chi connectivity index (χ0n) is 5.61. The van der Waals surface area contributed by atoms with Crippen LogP contribution in [-0.4, -0.2) is 17.9 Å². The molecule has 1 heterocycles. The van der Waals surface area contributed by atoms with Gasteiger partial charge >= 0.3 is 5.97 Å². The fraction of sp³-hybridized carbons (Fsp3) is 0. The Balaban J connectivity index is 0.000000461. The second-order valence-corrected chi connectivity index (χ2v) is 1.42. The van der Waals surface area contributed by atoms with Crippen LogP contribution < -0.4 is 5.48 Å². The number of allylic oxidation sites excluding steroid dienone is 2. The Labute approximate surface area is 62.9 Å². The number of carbonyl (C=O) groups is 2. The van der Waals surface area contributed by atoms with E-state index >= 15 is 0 Å². The fourth-order valence-electron chi connectivity index (χ4n) is 0.421. The van der Waals surface area contributed by atoms with E-state index in [1.54, 1.807) is 6.08 Å². The maximum absolute atomic E-state index is 10.1. The summed E-state index contributed by atoms with van der Waals surface area (Å²) in [4.78, 5) is 22.6. The Bertz CT molecular complexity index is 197. The molecule has 1 aliphatic heterocycles. The molecule has 0 radical (unpaired) electrons. The molecule has 0 aliphatic carbocycles. The Kier molecular flexibility index (Phi) is 4.22. The number of carbonyl (C=O) groups excluding carboxylic acids is 1. The maximum Gasteiger partial charge on any atom is 0.374 e. The van der Waals surface area contributed by atoms with Gasteiger partial charge in [-0.2, -0.15) is 0 Å². The van der Waals surface area contributed by atoms with E-state index in [9.17, 15) is 4.79 Å². The number of carboxylic acids is 1. The normalized spacial score (nSPS) is 12.9.